The van der Waals surface area contributed by atoms with Gasteiger partial charge in [-0.3, -0.25) is 0 Å². The van der Waals surface area contributed by atoms with Gasteiger partial charge in [-0.15, -0.1) is 0 Å². The first-order valence-corrected chi connectivity index (χ1v) is 7.87. The zero-order chi connectivity index (χ0) is 12.3. The van der Waals surface area contributed by atoms with Crippen molar-refractivity contribution in [1.29, 1.82) is 0 Å². The fourth-order valence-corrected chi connectivity index (χ4v) is 3.56. The van der Waals surface area contributed by atoms with Gasteiger partial charge in [-0.25, -0.2) is 0 Å². The molecular formula is C14H19BrClN. The van der Waals surface area contributed by atoms with Gasteiger partial charge >= 0.3 is 0 Å². The van der Waals surface area contributed by atoms with Crippen LogP contribution in [0.1, 0.15) is 38.2 Å². The predicted octanol–water partition coefficient (Wildman–Crippen LogP) is 5.00. The van der Waals surface area contributed by atoms with Crippen LogP contribution in [0.15, 0.2) is 18.2 Å². The van der Waals surface area contributed by atoms with Crippen molar-refractivity contribution >= 4 is 33.2 Å². The van der Waals surface area contributed by atoms with Gasteiger partial charge in [0.1, 0.15) is 0 Å². The first kappa shape index (κ1) is 13.2. The molecule has 0 radical (unpaired) electrons. The lowest BCUT2D eigenvalue weighted by molar-refractivity contribution is 0.618. The maximum absolute atomic E-state index is 6.40. The van der Waals surface area contributed by atoms with Gasteiger partial charge in [0.05, 0.1) is 10.7 Å². The lowest BCUT2D eigenvalue weighted by Gasteiger charge is -2.32. The number of hydrogen-bond donors (Lipinski definition) is 0. The molecule has 0 aromatic heterocycles. The molecule has 2 rings (SSSR count). The third kappa shape index (κ3) is 2.79. The lowest BCUT2D eigenvalue weighted by atomic mass is 10.1. The fourth-order valence-electron chi connectivity index (χ4n) is 2.80. The van der Waals surface area contributed by atoms with Crippen LogP contribution in [0.5, 0.6) is 0 Å². The Bertz CT molecular complexity index is 374. The molecule has 1 saturated carbocycles. The Balaban J connectivity index is 2.35. The monoisotopic (exact) mass is 315 g/mol. The Hall–Kier alpha value is -0.210. The van der Waals surface area contributed by atoms with Crippen LogP contribution in [0.2, 0.25) is 5.02 Å². The summed E-state index contributed by atoms with van der Waals surface area (Å²) in [4.78, 5) is 2.49. The number of para-hydroxylation sites is 1. The molecule has 3 heteroatoms. The Morgan fingerprint density at radius 1 is 1.35 bits per heavy atom. The summed E-state index contributed by atoms with van der Waals surface area (Å²) < 4.78 is 0. The van der Waals surface area contributed by atoms with Crippen LogP contribution in [0.4, 0.5) is 5.69 Å². The minimum atomic E-state index is 0.678. The molecule has 1 fully saturated rings. The smallest absolute Gasteiger partial charge is 0.0642 e. The van der Waals surface area contributed by atoms with E-state index in [9.17, 15) is 0 Å². The fraction of sp³-hybridized carbons (Fsp3) is 0.571. The SMILES string of the molecule is CCN(c1c(Cl)cccc1CBr)C1CCCC1. The highest BCUT2D eigenvalue weighted by Crippen LogP contribution is 2.36. The summed E-state index contributed by atoms with van der Waals surface area (Å²) in [6.07, 6.45) is 5.33. The van der Waals surface area contributed by atoms with E-state index in [0.717, 1.165) is 16.9 Å². The van der Waals surface area contributed by atoms with Gasteiger partial charge < -0.3 is 4.90 Å². The van der Waals surface area contributed by atoms with Crippen molar-refractivity contribution in [3.63, 3.8) is 0 Å². The summed E-state index contributed by atoms with van der Waals surface area (Å²) in [5.41, 5.74) is 2.53. The van der Waals surface area contributed by atoms with E-state index in [1.165, 1.54) is 36.9 Å². The van der Waals surface area contributed by atoms with Crippen molar-refractivity contribution in [3.8, 4) is 0 Å². The van der Waals surface area contributed by atoms with Crippen molar-refractivity contribution in [1.82, 2.24) is 0 Å². The molecular weight excluding hydrogens is 298 g/mol. The minimum Gasteiger partial charge on any atom is -0.367 e. The number of alkyl halides is 1. The van der Waals surface area contributed by atoms with E-state index in [1.54, 1.807) is 0 Å². The van der Waals surface area contributed by atoms with Crippen molar-refractivity contribution in [3.05, 3.63) is 28.8 Å². The van der Waals surface area contributed by atoms with Gasteiger partial charge in [0.2, 0.25) is 0 Å². The molecule has 1 aliphatic rings. The molecule has 0 spiro atoms. The van der Waals surface area contributed by atoms with Gasteiger partial charge in [-0.1, -0.05) is 52.5 Å². The summed E-state index contributed by atoms with van der Waals surface area (Å²) in [5.74, 6) is 0. The van der Waals surface area contributed by atoms with Crippen LogP contribution in [0, 0.1) is 0 Å². The van der Waals surface area contributed by atoms with E-state index >= 15 is 0 Å². The Labute approximate surface area is 117 Å². The molecule has 0 heterocycles. The van der Waals surface area contributed by atoms with E-state index in [4.69, 9.17) is 11.6 Å². The van der Waals surface area contributed by atoms with Crippen molar-refractivity contribution < 1.29 is 0 Å². The molecule has 0 saturated heterocycles. The molecule has 0 atom stereocenters. The van der Waals surface area contributed by atoms with Crippen LogP contribution in [0.25, 0.3) is 0 Å². The van der Waals surface area contributed by atoms with Crippen LogP contribution < -0.4 is 4.90 Å². The van der Waals surface area contributed by atoms with Crippen LogP contribution in [0.3, 0.4) is 0 Å². The summed E-state index contributed by atoms with van der Waals surface area (Å²) in [5, 5.41) is 1.75. The van der Waals surface area contributed by atoms with E-state index in [-0.39, 0.29) is 0 Å². The van der Waals surface area contributed by atoms with Crippen LogP contribution in [-0.2, 0) is 5.33 Å². The van der Waals surface area contributed by atoms with E-state index in [1.807, 2.05) is 12.1 Å². The number of anilines is 1. The molecule has 0 amide bonds. The number of hydrogen-bond acceptors (Lipinski definition) is 1. The summed E-state index contributed by atoms with van der Waals surface area (Å²) >= 11 is 9.96. The zero-order valence-corrected chi connectivity index (χ0v) is 12.6. The van der Waals surface area contributed by atoms with Gasteiger partial charge in [0.15, 0.2) is 0 Å². The topological polar surface area (TPSA) is 3.24 Å². The van der Waals surface area contributed by atoms with Gasteiger partial charge in [0.25, 0.3) is 0 Å². The first-order valence-electron chi connectivity index (χ1n) is 6.38. The number of nitrogens with zero attached hydrogens (tertiary/aromatic N) is 1. The van der Waals surface area contributed by atoms with Gasteiger partial charge in [0, 0.05) is 17.9 Å². The Morgan fingerprint density at radius 2 is 2.06 bits per heavy atom. The second-order valence-corrected chi connectivity index (χ2v) is 5.57. The van der Waals surface area contributed by atoms with Gasteiger partial charge in [-0.05, 0) is 31.4 Å². The van der Waals surface area contributed by atoms with Crippen LogP contribution in [-0.4, -0.2) is 12.6 Å². The van der Waals surface area contributed by atoms with Crippen molar-refractivity contribution in [2.45, 2.75) is 44.0 Å². The Morgan fingerprint density at radius 3 is 2.65 bits per heavy atom. The Kier molecular flexibility index (Phi) is 4.75. The molecule has 17 heavy (non-hydrogen) atoms. The van der Waals surface area contributed by atoms with E-state index in [2.05, 4.69) is 33.8 Å². The average Bonchev–Trinajstić information content (AvgIpc) is 2.86. The predicted molar refractivity (Wildman–Crippen MR) is 79.4 cm³/mol. The van der Waals surface area contributed by atoms with Crippen molar-refractivity contribution in [2.24, 2.45) is 0 Å². The molecule has 1 aromatic rings. The third-order valence-corrected chi connectivity index (χ3v) is 4.52. The molecule has 0 aliphatic heterocycles. The molecule has 1 nitrogen and oxygen atoms in total. The molecule has 0 bridgehead atoms. The highest BCUT2D eigenvalue weighted by Gasteiger charge is 2.24. The molecule has 0 unspecified atom stereocenters. The van der Waals surface area contributed by atoms with Crippen molar-refractivity contribution in [2.75, 3.05) is 11.4 Å². The molecule has 1 aliphatic carbocycles. The largest absolute Gasteiger partial charge is 0.367 e. The second-order valence-electron chi connectivity index (χ2n) is 4.61. The average molecular weight is 317 g/mol. The third-order valence-electron chi connectivity index (χ3n) is 3.61. The van der Waals surface area contributed by atoms with Crippen LogP contribution >= 0.6 is 27.5 Å². The van der Waals surface area contributed by atoms with E-state index < -0.39 is 0 Å². The zero-order valence-electron chi connectivity index (χ0n) is 10.3. The second kappa shape index (κ2) is 6.10. The molecule has 94 valence electrons. The maximum Gasteiger partial charge on any atom is 0.0642 e. The summed E-state index contributed by atoms with van der Waals surface area (Å²) in [6, 6.07) is 6.87. The highest BCUT2D eigenvalue weighted by atomic mass is 79.9. The van der Waals surface area contributed by atoms with E-state index in [0.29, 0.717) is 6.04 Å². The molecule has 1 aromatic carbocycles. The highest BCUT2D eigenvalue weighted by molar-refractivity contribution is 9.08. The summed E-state index contributed by atoms with van der Waals surface area (Å²) in [7, 11) is 0. The molecule has 0 N–H and O–H groups in total. The summed E-state index contributed by atoms with van der Waals surface area (Å²) in [6.45, 7) is 3.26. The standard InChI is InChI=1S/C14H19BrClN/c1-2-17(12-7-3-4-8-12)14-11(10-15)6-5-9-13(14)16/h5-6,9,12H,2-4,7-8,10H2,1H3. The van der Waals surface area contributed by atoms with Gasteiger partial charge in [-0.2, -0.15) is 0 Å². The number of halogens is 2. The lowest BCUT2D eigenvalue weighted by Crippen LogP contribution is -2.33. The normalized spacial score (nSPS) is 16.4. The minimum absolute atomic E-state index is 0.678. The number of rotatable bonds is 4. The maximum atomic E-state index is 6.40. The first-order chi connectivity index (χ1) is 8.27. The quantitative estimate of drug-likeness (QED) is 0.706. The number of benzene rings is 1.